The highest BCUT2D eigenvalue weighted by atomic mass is 19.4. The van der Waals surface area contributed by atoms with Crippen molar-refractivity contribution in [3.05, 3.63) is 346 Å². The van der Waals surface area contributed by atoms with Gasteiger partial charge in [-0.05, 0) is 263 Å². The van der Waals surface area contributed by atoms with Crippen LogP contribution < -0.4 is 53.1 Å². The third-order valence-electron chi connectivity index (χ3n) is 24.7. The smallest absolute Gasteiger partial charge is 0.416 e. The van der Waals surface area contributed by atoms with Gasteiger partial charge in [0.05, 0.1) is 61.3 Å². The fourth-order valence-corrected chi connectivity index (χ4v) is 17.6. The Balaban J connectivity index is 0.000000196. The van der Waals surface area contributed by atoms with Gasteiger partial charge in [-0.1, -0.05) is 139 Å². The number of Topliss-reactive ketones (excluding diaryl/α,β-unsaturated/α-hetero) is 3. The third kappa shape index (κ3) is 31.8. The molecule has 0 aliphatic carbocycles. The van der Waals surface area contributed by atoms with Gasteiger partial charge < -0.3 is 59.4 Å². The quantitative estimate of drug-likeness (QED) is 0.0212. The van der Waals surface area contributed by atoms with E-state index in [4.69, 9.17) is 4.74 Å². The second-order valence-electron chi connectivity index (χ2n) is 37.9. The molecular weight excluding hydrogens is 1820 g/mol. The number of carbonyl (C=O) groups is 8. The zero-order chi connectivity index (χ0) is 104. The number of methoxy groups -OCH3 is 1. The van der Waals surface area contributed by atoms with Crippen LogP contribution in [0.4, 0.5) is 18.9 Å². The maximum absolute atomic E-state index is 13.5. The van der Waals surface area contributed by atoms with Gasteiger partial charge in [-0.25, -0.2) is 4.98 Å². The molecule has 143 heavy (non-hydrogen) atoms. The number of hydrogen-bond donors (Lipinski definition) is 6. The number of rotatable bonds is 36. The predicted octanol–water partition coefficient (Wildman–Crippen LogP) is 18.7. The fourth-order valence-electron chi connectivity index (χ4n) is 17.6. The zero-order valence-electron chi connectivity index (χ0n) is 83.8. The van der Waals surface area contributed by atoms with E-state index in [2.05, 4.69) is 67.1 Å². The summed E-state index contributed by atoms with van der Waals surface area (Å²) in [4.78, 5) is 167. The molecule has 0 radical (unpaired) electrons. The molecule has 6 aromatic heterocycles. The van der Waals surface area contributed by atoms with E-state index in [-0.39, 0.29) is 103 Å². The summed E-state index contributed by atoms with van der Waals surface area (Å²) in [5.41, 5.74) is 14.4. The molecule has 7 heterocycles. The van der Waals surface area contributed by atoms with E-state index in [1.54, 1.807) is 86.8 Å². The summed E-state index contributed by atoms with van der Waals surface area (Å²) >= 11 is 0. The van der Waals surface area contributed by atoms with Crippen LogP contribution in [-0.2, 0) is 51.1 Å². The van der Waals surface area contributed by atoms with E-state index in [0.29, 0.717) is 41.5 Å². The average molecular weight is 1950 g/mol. The Morgan fingerprint density at radius 2 is 0.881 bits per heavy atom. The number of nitrogens with zero attached hydrogens (tertiary/aromatic N) is 8. The van der Waals surface area contributed by atoms with Crippen LogP contribution in [0.15, 0.2) is 263 Å². The number of aliphatic carboxylic acids is 1. The molecule has 0 bridgehead atoms. The summed E-state index contributed by atoms with van der Waals surface area (Å²) in [7, 11) is 1.57. The lowest BCUT2D eigenvalue weighted by molar-refractivity contribution is -0.138. The van der Waals surface area contributed by atoms with E-state index in [0.717, 1.165) is 138 Å². The minimum Gasteiger partial charge on any atom is -0.497 e. The number of ketones is 3. The van der Waals surface area contributed by atoms with Crippen molar-refractivity contribution < 1.29 is 66.5 Å². The second kappa shape index (κ2) is 51.5. The van der Waals surface area contributed by atoms with Crippen LogP contribution >= 0.6 is 0 Å². The molecule has 27 nitrogen and oxygen atoms in total. The van der Waals surface area contributed by atoms with Crippen LogP contribution in [-0.4, -0.2) is 117 Å². The van der Waals surface area contributed by atoms with E-state index in [9.17, 15) is 80.9 Å². The summed E-state index contributed by atoms with van der Waals surface area (Å²) in [6, 6.07) is 50.9. The lowest BCUT2D eigenvalue weighted by Gasteiger charge is -2.32. The van der Waals surface area contributed by atoms with Gasteiger partial charge in [0, 0.05) is 123 Å². The van der Waals surface area contributed by atoms with Crippen molar-refractivity contribution in [1.82, 2.24) is 54.5 Å². The first-order valence-electron chi connectivity index (χ1n) is 47.9. The van der Waals surface area contributed by atoms with Crippen LogP contribution in [0, 0.1) is 59.3 Å². The topological polar surface area (TPSA) is 364 Å². The number of aromatic nitrogens is 7. The first-order valence-corrected chi connectivity index (χ1v) is 47.9. The normalized spacial score (nSPS) is 13.5. The lowest BCUT2D eigenvalue weighted by Crippen LogP contribution is -2.40. The van der Waals surface area contributed by atoms with Gasteiger partial charge in [0.2, 0.25) is 23.6 Å². The van der Waals surface area contributed by atoms with E-state index < -0.39 is 82.9 Å². The Labute approximate surface area is 831 Å². The summed E-state index contributed by atoms with van der Waals surface area (Å²) in [5, 5.41) is 31.1. The largest absolute Gasteiger partial charge is 0.497 e. The van der Waals surface area contributed by atoms with Crippen LogP contribution in [0.2, 0.25) is 0 Å². The maximum atomic E-state index is 13.5. The van der Waals surface area contributed by atoms with Gasteiger partial charge >= 0.3 is 12.1 Å². The summed E-state index contributed by atoms with van der Waals surface area (Å²) < 4.78 is 49.7. The monoisotopic (exact) mass is 1950 g/mol. The number of piperidine rings is 1. The number of nitrogens with one attached hydrogen (secondary N) is 4. The van der Waals surface area contributed by atoms with Crippen molar-refractivity contribution in [3.8, 4) is 50.4 Å². The number of hydrogen-bond acceptors (Lipinski definition) is 18. The number of pyridine rings is 5. The zero-order valence-corrected chi connectivity index (χ0v) is 83.8. The number of carbonyl (C=O) groups excluding carboxylic acids is 7. The first-order chi connectivity index (χ1) is 67.9. The molecule has 30 heteroatoms. The van der Waals surface area contributed by atoms with Crippen molar-refractivity contribution in [3.63, 3.8) is 0 Å². The Morgan fingerprint density at radius 1 is 0.441 bits per heavy atom. The molecule has 4 amide bonds. The van der Waals surface area contributed by atoms with Crippen LogP contribution in [0.25, 0.3) is 44.6 Å². The molecule has 7 atom stereocenters. The Hall–Kier alpha value is -14.9. The van der Waals surface area contributed by atoms with E-state index in [1.807, 2.05) is 178 Å². The number of halogens is 3. The highest BCUT2D eigenvalue weighted by Crippen LogP contribution is 2.36. The minimum atomic E-state index is -4.67. The molecule has 1 aliphatic heterocycles. The maximum Gasteiger partial charge on any atom is 0.416 e. The van der Waals surface area contributed by atoms with E-state index in [1.165, 1.54) is 52.8 Å². The van der Waals surface area contributed by atoms with Crippen LogP contribution in [0.1, 0.15) is 224 Å². The number of ether oxygens (including phenoxy) is 1. The van der Waals surface area contributed by atoms with Gasteiger partial charge in [0.15, 0.2) is 0 Å². The lowest BCUT2D eigenvalue weighted by atomic mass is 9.94. The molecule has 1 fully saturated rings. The Kier molecular flexibility index (Phi) is 39.6. The van der Waals surface area contributed by atoms with Gasteiger partial charge in [-0.3, -0.25) is 67.5 Å². The number of benzene rings is 6. The fraction of sp³-hybridized carbons (Fsp3) is 0.354. The van der Waals surface area contributed by atoms with Crippen molar-refractivity contribution >= 4 is 52.6 Å². The number of aryl methyl sites for hydroxylation is 6. The molecule has 6 aromatic carbocycles. The number of carboxylic acids is 1. The summed E-state index contributed by atoms with van der Waals surface area (Å²) in [6.45, 7) is 29.4. The number of aliphatic hydroxyl groups is 1. The minimum absolute atomic E-state index is 0.0140. The molecule has 0 unspecified atom stereocenters. The highest BCUT2D eigenvalue weighted by molar-refractivity contribution is 5.86. The highest BCUT2D eigenvalue weighted by Gasteiger charge is 2.35. The van der Waals surface area contributed by atoms with Crippen molar-refractivity contribution in [2.45, 2.75) is 223 Å². The van der Waals surface area contributed by atoms with Crippen LogP contribution in [0.5, 0.6) is 5.75 Å². The number of carboxylic acid groups (broad SMARTS) is 1. The van der Waals surface area contributed by atoms with Crippen molar-refractivity contribution in [2.75, 3.05) is 25.1 Å². The molecule has 1 saturated heterocycles. The van der Waals surface area contributed by atoms with Gasteiger partial charge in [-0.2, -0.15) is 13.2 Å². The SMILES string of the molecule is CC(=O)C[C@H](NC(=O)[C@@H](CC(C)C)n1ccc(C(F)(F)F)cc1=O)c1cncc(-c2c(C)cccc2C)c1.CC(=O)C[C@H](NC(=O)[C@@H](CC(C)C)n1ccc(C)cc1=O)c1cncc(-c2c(C)cccc2C)c1.CC(=O)C[C@H](NC(=O)[C@H](CC(C)C)n1ccccc1=O)c1cccc(N2CCC(O)CC2)c1.COc1ccc(-c2cn(CC(=O)N[C@@H](CC(=O)O)c3cccc(-c4ccccc4C)c3)c(=O)cn2)cc1. The average Bonchev–Trinajstić information content (AvgIpc) is 0.810. The number of alkyl halides is 3. The molecule has 13 rings (SSSR count). The molecule has 0 spiro atoms. The first kappa shape index (κ1) is 110. The van der Waals surface area contributed by atoms with Gasteiger partial charge in [-0.15, -0.1) is 0 Å². The van der Waals surface area contributed by atoms with E-state index >= 15 is 0 Å². The molecule has 1 aliphatic rings. The standard InChI is InChI=1S/C29H32F3N3O3.C29H27N3O5.C29H35N3O3.C26H35N3O4/c1-17(2)11-25(35-10-9-23(14-26(35)37)29(30,31)32)28(38)34-24(12-20(5)36)21-13-22(16-33-15-21)27-18(3)7-6-8-19(27)4;1-19-6-3-4-9-24(19)21-7-5-8-22(14-21)25(15-29(35)36)31-27(33)18-32-17-26(30-16-28(32)34)20-10-12-23(37-2)13-11-20;1-18(2)12-26(32-11-10-19(3)13-27(32)34)29(35)31-25(14-22(6)33)23-15-24(17-30-16-23)28-20(4)8-7-9-21(28)5;1-18(2)15-24(29-12-5-4-9-25(29)32)26(33)27-23(16-19(3)30)20-7-6-8-21(17-20)28-13-10-22(31)11-14-28/h6-10,13-17,24-25H,11-12H2,1-5H3,(H,34,38);3-14,16-17,25H,15,18H2,1-2H3,(H,31,33)(H,35,36);7-11,13,15-18,25-26H,12,14H2,1-6H3,(H,31,35);4-9,12,17-18,22-24,31H,10-11,13-16H2,1-3H3,(H,27,33)/t24-,25+;25-;25-,26+;23-,24-/m0000/s1. The second-order valence-corrected chi connectivity index (χ2v) is 37.9. The van der Waals surface area contributed by atoms with Crippen molar-refractivity contribution in [2.24, 2.45) is 17.8 Å². The third-order valence-corrected chi connectivity index (χ3v) is 24.7. The number of amides is 4. The molecule has 0 saturated carbocycles. The predicted molar refractivity (Wildman–Crippen MR) is 548 cm³/mol. The number of anilines is 1. The summed E-state index contributed by atoms with van der Waals surface area (Å²) in [5.74, 6) is -1.84. The molecule has 6 N–H and O–H groups in total. The summed E-state index contributed by atoms with van der Waals surface area (Å²) in [6.07, 6.45) is 11.5. The Bertz CT molecular complexity index is 6700. The van der Waals surface area contributed by atoms with Crippen molar-refractivity contribution in [1.29, 1.82) is 0 Å². The Morgan fingerprint density at radius 3 is 1.34 bits per heavy atom. The van der Waals surface area contributed by atoms with Gasteiger partial charge in [0.1, 0.15) is 47.8 Å². The van der Waals surface area contributed by atoms with Gasteiger partial charge in [0.25, 0.3) is 22.2 Å². The van der Waals surface area contributed by atoms with Crippen LogP contribution in [0.3, 0.4) is 0 Å². The molecular formula is C113H129F3N12O15. The molecule has 752 valence electrons. The number of aliphatic hydroxyl groups excluding tert-OH is 1. The molecule has 12 aromatic rings.